The van der Waals surface area contributed by atoms with Gasteiger partial charge in [-0.15, -0.1) is 0 Å². The van der Waals surface area contributed by atoms with Crippen LogP contribution in [0.5, 0.6) is 0 Å². The highest BCUT2D eigenvalue weighted by molar-refractivity contribution is 6.01. The van der Waals surface area contributed by atoms with Gasteiger partial charge < -0.3 is 15.7 Å². The van der Waals surface area contributed by atoms with Crippen molar-refractivity contribution in [3.8, 4) is 0 Å². The van der Waals surface area contributed by atoms with Crippen LogP contribution >= 0.6 is 0 Å². The maximum Gasteiger partial charge on any atom is 0.251 e. The lowest BCUT2D eigenvalue weighted by Crippen LogP contribution is -2.46. The standard InChI is InChI=1S/C19H17N3O3/c23-12-17(22-18(24)13-5-2-1-3-6-13)19(25)21-15-8-9-16-14(11-15)7-4-10-20-16/h1-11,17,23H,12H2,(H,21,25)(H,22,24). The molecular formula is C19H17N3O3. The normalized spacial score (nSPS) is 11.7. The van der Waals surface area contributed by atoms with Crippen LogP contribution in [-0.2, 0) is 4.79 Å². The average molecular weight is 335 g/mol. The molecule has 0 bridgehead atoms. The summed E-state index contributed by atoms with van der Waals surface area (Å²) in [4.78, 5) is 28.7. The molecule has 0 radical (unpaired) electrons. The van der Waals surface area contributed by atoms with Crippen molar-refractivity contribution in [3.05, 3.63) is 72.4 Å². The van der Waals surface area contributed by atoms with Crippen molar-refractivity contribution in [3.63, 3.8) is 0 Å². The molecule has 6 nitrogen and oxygen atoms in total. The van der Waals surface area contributed by atoms with Gasteiger partial charge in [0.25, 0.3) is 5.91 Å². The number of fused-ring (bicyclic) bond motifs is 1. The van der Waals surface area contributed by atoms with Gasteiger partial charge in [0.15, 0.2) is 0 Å². The predicted octanol–water partition coefficient (Wildman–Crippen LogP) is 1.96. The molecule has 0 saturated carbocycles. The summed E-state index contributed by atoms with van der Waals surface area (Å²) >= 11 is 0. The van der Waals surface area contributed by atoms with Gasteiger partial charge >= 0.3 is 0 Å². The van der Waals surface area contributed by atoms with Crippen molar-refractivity contribution in [1.29, 1.82) is 0 Å². The van der Waals surface area contributed by atoms with E-state index in [2.05, 4.69) is 15.6 Å². The van der Waals surface area contributed by atoms with E-state index in [1.54, 1.807) is 54.7 Å². The van der Waals surface area contributed by atoms with E-state index in [0.717, 1.165) is 10.9 Å². The summed E-state index contributed by atoms with van der Waals surface area (Å²) in [7, 11) is 0. The lowest BCUT2D eigenvalue weighted by Gasteiger charge is -2.16. The molecule has 1 aromatic heterocycles. The highest BCUT2D eigenvalue weighted by Crippen LogP contribution is 2.17. The van der Waals surface area contributed by atoms with E-state index in [0.29, 0.717) is 11.3 Å². The van der Waals surface area contributed by atoms with Gasteiger partial charge in [0, 0.05) is 22.8 Å². The number of carbonyl (C=O) groups excluding carboxylic acids is 2. The fourth-order valence-corrected chi connectivity index (χ4v) is 2.41. The van der Waals surface area contributed by atoms with Gasteiger partial charge in [0.2, 0.25) is 5.91 Å². The summed E-state index contributed by atoms with van der Waals surface area (Å²) in [6.07, 6.45) is 1.70. The molecule has 126 valence electrons. The van der Waals surface area contributed by atoms with Crippen molar-refractivity contribution in [2.24, 2.45) is 0 Å². The van der Waals surface area contributed by atoms with Gasteiger partial charge in [-0.2, -0.15) is 0 Å². The van der Waals surface area contributed by atoms with Gasteiger partial charge in [0.05, 0.1) is 12.1 Å². The van der Waals surface area contributed by atoms with Crippen molar-refractivity contribution >= 4 is 28.4 Å². The molecule has 25 heavy (non-hydrogen) atoms. The topological polar surface area (TPSA) is 91.3 Å². The third-order valence-electron chi connectivity index (χ3n) is 3.71. The van der Waals surface area contributed by atoms with E-state index < -0.39 is 24.5 Å². The number of rotatable bonds is 5. The lowest BCUT2D eigenvalue weighted by atomic mass is 10.1. The minimum Gasteiger partial charge on any atom is -0.394 e. The number of carbonyl (C=O) groups is 2. The van der Waals surface area contributed by atoms with Crippen molar-refractivity contribution < 1.29 is 14.7 Å². The molecule has 0 saturated heterocycles. The molecule has 3 rings (SSSR count). The highest BCUT2D eigenvalue weighted by atomic mass is 16.3. The first kappa shape index (κ1) is 16.6. The Kier molecular flexibility index (Phi) is 5.01. The molecule has 1 atom stereocenters. The molecule has 0 spiro atoms. The first-order valence-corrected chi connectivity index (χ1v) is 7.80. The largest absolute Gasteiger partial charge is 0.394 e. The van der Waals surface area contributed by atoms with Crippen LogP contribution < -0.4 is 10.6 Å². The van der Waals surface area contributed by atoms with Crippen LogP contribution in [0.1, 0.15) is 10.4 Å². The van der Waals surface area contributed by atoms with Crippen LogP contribution in [0.3, 0.4) is 0 Å². The molecule has 1 heterocycles. The number of aliphatic hydroxyl groups excluding tert-OH is 1. The van der Waals surface area contributed by atoms with Crippen LogP contribution in [0.15, 0.2) is 66.9 Å². The molecule has 2 aromatic carbocycles. The molecule has 1 unspecified atom stereocenters. The number of benzene rings is 2. The first-order chi connectivity index (χ1) is 12.2. The maximum atomic E-state index is 12.3. The quantitative estimate of drug-likeness (QED) is 0.665. The molecule has 0 aliphatic rings. The highest BCUT2D eigenvalue weighted by Gasteiger charge is 2.20. The van der Waals surface area contributed by atoms with E-state index >= 15 is 0 Å². The van der Waals surface area contributed by atoms with Crippen molar-refractivity contribution in [2.75, 3.05) is 11.9 Å². The van der Waals surface area contributed by atoms with Gasteiger partial charge in [0.1, 0.15) is 6.04 Å². The second kappa shape index (κ2) is 7.55. The summed E-state index contributed by atoms with van der Waals surface area (Å²) in [5.41, 5.74) is 1.81. The summed E-state index contributed by atoms with van der Waals surface area (Å²) in [6, 6.07) is 16.5. The Labute approximate surface area is 144 Å². The zero-order chi connectivity index (χ0) is 17.6. The Bertz CT molecular complexity index is 897. The number of hydrogen-bond acceptors (Lipinski definition) is 4. The predicted molar refractivity (Wildman–Crippen MR) is 95.2 cm³/mol. The number of anilines is 1. The fraction of sp³-hybridized carbons (Fsp3) is 0.105. The van der Waals surface area contributed by atoms with Crippen LogP contribution in [0.4, 0.5) is 5.69 Å². The van der Waals surface area contributed by atoms with Crippen molar-refractivity contribution in [1.82, 2.24) is 10.3 Å². The molecular weight excluding hydrogens is 318 g/mol. The van der Waals surface area contributed by atoms with Gasteiger partial charge in [-0.25, -0.2) is 0 Å². The maximum absolute atomic E-state index is 12.3. The number of hydrogen-bond donors (Lipinski definition) is 3. The Balaban J connectivity index is 1.70. The van der Waals surface area contributed by atoms with Gasteiger partial charge in [-0.05, 0) is 36.4 Å². The third-order valence-corrected chi connectivity index (χ3v) is 3.71. The van der Waals surface area contributed by atoms with Gasteiger partial charge in [-0.3, -0.25) is 14.6 Å². The first-order valence-electron chi connectivity index (χ1n) is 7.80. The smallest absolute Gasteiger partial charge is 0.251 e. The molecule has 0 aliphatic carbocycles. The summed E-state index contributed by atoms with van der Waals surface area (Å²) < 4.78 is 0. The lowest BCUT2D eigenvalue weighted by molar-refractivity contribution is -0.118. The summed E-state index contributed by atoms with van der Waals surface area (Å²) in [6.45, 7) is -0.500. The minimum atomic E-state index is -1.04. The van der Waals surface area contributed by atoms with E-state index in [9.17, 15) is 14.7 Å². The fourth-order valence-electron chi connectivity index (χ4n) is 2.41. The number of nitrogens with one attached hydrogen (secondary N) is 2. The number of aromatic nitrogens is 1. The molecule has 3 N–H and O–H groups in total. The van der Waals surface area contributed by atoms with E-state index in [4.69, 9.17) is 0 Å². The second-order valence-corrected chi connectivity index (χ2v) is 5.47. The molecule has 2 amide bonds. The Morgan fingerprint density at radius 2 is 1.84 bits per heavy atom. The van der Waals surface area contributed by atoms with Gasteiger partial charge in [-0.1, -0.05) is 24.3 Å². The van der Waals surface area contributed by atoms with E-state index in [1.165, 1.54) is 0 Å². The number of pyridine rings is 1. The average Bonchev–Trinajstić information content (AvgIpc) is 2.66. The second-order valence-electron chi connectivity index (χ2n) is 5.47. The van der Waals surface area contributed by atoms with Crippen molar-refractivity contribution in [2.45, 2.75) is 6.04 Å². The number of aliphatic hydroxyl groups is 1. The summed E-state index contributed by atoms with van der Waals surface area (Å²) in [5.74, 6) is -0.910. The number of nitrogens with zero attached hydrogens (tertiary/aromatic N) is 1. The molecule has 3 aromatic rings. The minimum absolute atomic E-state index is 0.419. The molecule has 6 heteroatoms. The zero-order valence-electron chi connectivity index (χ0n) is 13.3. The summed E-state index contributed by atoms with van der Waals surface area (Å²) in [5, 5.41) is 15.6. The zero-order valence-corrected chi connectivity index (χ0v) is 13.3. The van der Waals surface area contributed by atoms with Crippen LogP contribution in [0, 0.1) is 0 Å². The van der Waals surface area contributed by atoms with E-state index in [1.807, 2.05) is 12.1 Å². The monoisotopic (exact) mass is 335 g/mol. The van der Waals surface area contributed by atoms with Crippen LogP contribution in [0.25, 0.3) is 10.9 Å². The third kappa shape index (κ3) is 3.99. The van der Waals surface area contributed by atoms with Crippen LogP contribution in [-0.4, -0.2) is 34.6 Å². The Morgan fingerprint density at radius 3 is 2.60 bits per heavy atom. The number of amides is 2. The molecule has 0 fully saturated rings. The SMILES string of the molecule is O=C(NC(CO)C(=O)Nc1ccc2ncccc2c1)c1ccccc1. The Morgan fingerprint density at radius 1 is 1.04 bits per heavy atom. The van der Waals surface area contributed by atoms with E-state index in [-0.39, 0.29) is 0 Å². The Hall–Kier alpha value is -3.25. The van der Waals surface area contributed by atoms with Crippen LogP contribution in [0.2, 0.25) is 0 Å². The molecule has 0 aliphatic heterocycles.